The van der Waals surface area contributed by atoms with Crippen LogP contribution in [0.3, 0.4) is 0 Å². The lowest BCUT2D eigenvalue weighted by Crippen LogP contribution is -2.33. The summed E-state index contributed by atoms with van der Waals surface area (Å²) < 4.78 is 90.8. The molecule has 0 spiro atoms. The van der Waals surface area contributed by atoms with Crippen molar-refractivity contribution < 1.29 is 40.6 Å². The smallest absolute Gasteiger partial charge is 0.416 e. The highest BCUT2D eigenvalue weighted by molar-refractivity contribution is 6.35. The topological polar surface area (TPSA) is 38.8 Å². The van der Waals surface area contributed by atoms with Crippen molar-refractivity contribution in [3.05, 3.63) is 92.5 Å². The maximum atomic E-state index is 13.4. The Morgan fingerprint density at radius 1 is 0.838 bits per heavy atom. The summed E-state index contributed by atoms with van der Waals surface area (Å²) >= 11 is 12.1. The van der Waals surface area contributed by atoms with Crippen LogP contribution in [0, 0.1) is 0 Å². The van der Waals surface area contributed by atoms with E-state index in [2.05, 4.69) is 0 Å². The van der Waals surface area contributed by atoms with Crippen molar-refractivity contribution in [3.63, 3.8) is 0 Å². The van der Waals surface area contributed by atoms with Crippen LogP contribution < -0.4 is 9.47 Å². The van der Waals surface area contributed by atoms with Crippen LogP contribution in [0.5, 0.6) is 11.5 Å². The van der Waals surface area contributed by atoms with E-state index in [4.69, 9.17) is 32.7 Å². The minimum absolute atomic E-state index is 0.000943. The molecule has 0 atom stereocenters. The van der Waals surface area contributed by atoms with Crippen molar-refractivity contribution in [2.24, 2.45) is 0 Å². The van der Waals surface area contributed by atoms with Gasteiger partial charge in [-0.25, -0.2) is 0 Å². The van der Waals surface area contributed by atoms with E-state index in [-0.39, 0.29) is 32.4 Å². The first-order chi connectivity index (χ1) is 17.3. The largest absolute Gasteiger partial charge is 0.454 e. The number of carbonyl (C=O) groups is 1. The summed E-state index contributed by atoms with van der Waals surface area (Å²) in [5.74, 6) is -0.134. The molecule has 12 heteroatoms. The summed E-state index contributed by atoms with van der Waals surface area (Å²) in [6, 6.07) is 10.3. The molecule has 0 saturated carbocycles. The number of ether oxygens (including phenoxy) is 2. The molecule has 0 saturated heterocycles. The van der Waals surface area contributed by atoms with Crippen molar-refractivity contribution in [1.82, 2.24) is 4.90 Å². The number of rotatable bonds is 6. The molecule has 3 aromatic carbocycles. The van der Waals surface area contributed by atoms with Gasteiger partial charge < -0.3 is 14.4 Å². The van der Waals surface area contributed by atoms with E-state index in [1.54, 1.807) is 30.3 Å². The lowest BCUT2D eigenvalue weighted by molar-refractivity contribution is -0.143. The van der Waals surface area contributed by atoms with Crippen LogP contribution in [0.4, 0.5) is 26.3 Å². The second kappa shape index (κ2) is 10.3. The van der Waals surface area contributed by atoms with Crippen LogP contribution in [0.1, 0.15) is 32.6 Å². The van der Waals surface area contributed by atoms with Crippen LogP contribution in [-0.2, 0) is 25.3 Å². The lowest BCUT2D eigenvalue weighted by atomic mass is 10.0. The van der Waals surface area contributed by atoms with Crippen molar-refractivity contribution in [3.8, 4) is 11.5 Å². The monoisotopic (exact) mass is 563 g/mol. The third-order valence-corrected chi connectivity index (χ3v) is 6.19. The number of nitrogens with zero attached hydrogens (tertiary/aromatic N) is 1. The van der Waals surface area contributed by atoms with Crippen molar-refractivity contribution in [1.29, 1.82) is 0 Å². The molecule has 0 unspecified atom stereocenters. The van der Waals surface area contributed by atoms with Crippen LogP contribution >= 0.6 is 23.2 Å². The van der Waals surface area contributed by atoms with Gasteiger partial charge in [-0.05, 0) is 60.0 Å². The minimum Gasteiger partial charge on any atom is -0.454 e. The van der Waals surface area contributed by atoms with Gasteiger partial charge in [0.2, 0.25) is 6.79 Å². The standard InChI is InChI=1S/C25H17Cl2F6NO3/c26-19-3-2-15(20(27)11-19)5-6-34(12-14-1-4-21-22(7-14)37-13-36-21)23(35)16-8-17(24(28,29)30)10-18(9-16)25(31,32)33/h1-4,7-11H,5-6,12-13H2. The summed E-state index contributed by atoms with van der Waals surface area (Å²) in [5, 5.41) is 0.687. The third-order valence-electron chi connectivity index (χ3n) is 5.60. The highest BCUT2D eigenvalue weighted by atomic mass is 35.5. The van der Waals surface area contributed by atoms with E-state index in [0.717, 1.165) is 4.90 Å². The van der Waals surface area contributed by atoms with Gasteiger partial charge in [-0.2, -0.15) is 26.3 Å². The number of benzene rings is 3. The number of fused-ring (bicyclic) bond motifs is 1. The van der Waals surface area contributed by atoms with Crippen molar-refractivity contribution >= 4 is 29.1 Å². The van der Waals surface area contributed by atoms with Crippen LogP contribution in [0.15, 0.2) is 54.6 Å². The molecule has 0 aliphatic carbocycles. The second-order valence-corrected chi connectivity index (χ2v) is 9.04. The first-order valence-corrected chi connectivity index (χ1v) is 11.5. The number of amides is 1. The van der Waals surface area contributed by atoms with E-state index in [0.29, 0.717) is 44.8 Å². The zero-order valence-corrected chi connectivity index (χ0v) is 20.2. The van der Waals surface area contributed by atoms with E-state index >= 15 is 0 Å². The molecule has 4 nitrogen and oxygen atoms in total. The number of alkyl halides is 6. The maximum Gasteiger partial charge on any atom is 0.416 e. The lowest BCUT2D eigenvalue weighted by Gasteiger charge is -2.24. The Morgan fingerprint density at radius 2 is 1.49 bits per heavy atom. The molecule has 0 radical (unpaired) electrons. The Morgan fingerprint density at radius 3 is 2.11 bits per heavy atom. The average Bonchev–Trinajstić information content (AvgIpc) is 3.29. The Bertz CT molecular complexity index is 1290. The number of halogens is 8. The fourth-order valence-corrected chi connectivity index (χ4v) is 4.26. The molecule has 0 bridgehead atoms. The van der Waals surface area contributed by atoms with E-state index in [1.165, 1.54) is 6.07 Å². The second-order valence-electron chi connectivity index (χ2n) is 8.19. The van der Waals surface area contributed by atoms with Crippen molar-refractivity contribution in [2.45, 2.75) is 25.3 Å². The molecule has 196 valence electrons. The fourth-order valence-electron chi connectivity index (χ4n) is 3.75. The van der Waals surface area contributed by atoms with Gasteiger partial charge in [-0.1, -0.05) is 35.3 Å². The zero-order chi connectivity index (χ0) is 27.0. The number of carbonyl (C=O) groups excluding carboxylic acids is 1. The minimum atomic E-state index is -5.09. The van der Waals surface area contributed by atoms with Gasteiger partial charge in [0, 0.05) is 28.7 Å². The van der Waals surface area contributed by atoms with Crippen LogP contribution in [0.25, 0.3) is 0 Å². The summed E-state index contributed by atoms with van der Waals surface area (Å²) in [4.78, 5) is 14.5. The molecule has 37 heavy (non-hydrogen) atoms. The molecule has 4 rings (SSSR count). The van der Waals surface area contributed by atoms with Crippen LogP contribution in [0.2, 0.25) is 10.0 Å². The Hall–Kier alpha value is -3.11. The molecular weight excluding hydrogens is 547 g/mol. The quantitative estimate of drug-likeness (QED) is 0.289. The van der Waals surface area contributed by atoms with Crippen molar-refractivity contribution in [2.75, 3.05) is 13.3 Å². The summed E-state index contributed by atoms with van der Waals surface area (Å²) in [6.07, 6.45) is -10.0. The molecule has 1 amide bonds. The van der Waals surface area contributed by atoms with Gasteiger partial charge in [0.15, 0.2) is 11.5 Å². The van der Waals surface area contributed by atoms with Gasteiger partial charge in [-0.3, -0.25) is 4.79 Å². The summed E-state index contributed by atoms with van der Waals surface area (Å²) in [6.45, 7) is -0.189. The van der Waals surface area contributed by atoms with E-state index < -0.39 is 35.0 Å². The SMILES string of the molecule is O=C(c1cc(C(F)(F)F)cc(C(F)(F)F)c1)N(CCc1ccc(Cl)cc1Cl)Cc1ccc2c(c1)OCO2. The normalized spacial score (nSPS) is 13.1. The molecule has 3 aromatic rings. The summed E-state index contributed by atoms with van der Waals surface area (Å²) in [5.41, 5.74) is -2.77. The van der Waals surface area contributed by atoms with Gasteiger partial charge in [0.05, 0.1) is 11.1 Å². The van der Waals surface area contributed by atoms with Gasteiger partial charge in [0.25, 0.3) is 5.91 Å². The molecule has 1 aliphatic rings. The zero-order valence-electron chi connectivity index (χ0n) is 18.7. The fraction of sp³-hybridized carbons (Fsp3) is 0.240. The highest BCUT2D eigenvalue weighted by Gasteiger charge is 2.38. The van der Waals surface area contributed by atoms with Crippen LogP contribution in [-0.4, -0.2) is 24.1 Å². The predicted molar refractivity (Wildman–Crippen MR) is 124 cm³/mol. The Labute approximate surface area is 217 Å². The number of hydrogen-bond acceptors (Lipinski definition) is 3. The highest BCUT2D eigenvalue weighted by Crippen LogP contribution is 2.37. The van der Waals surface area contributed by atoms with Gasteiger partial charge in [-0.15, -0.1) is 0 Å². The van der Waals surface area contributed by atoms with E-state index in [9.17, 15) is 31.1 Å². The Balaban J connectivity index is 1.70. The molecule has 0 N–H and O–H groups in total. The Kier molecular flexibility index (Phi) is 7.52. The summed E-state index contributed by atoms with van der Waals surface area (Å²) in [7, 11) is 0. The van der Waals surface area contributed by atoms with Gasteiger partial charge >= 0.3 is 12.4 Å². The first kappa shape index (κ1) is 26.9. The average molecular weight is 564 g/mol. The van der Waals surface area contributed by atoms with Gasteiger partial charge in [0.1, 0.15) is 0 Å². The number of hydrogen-bond donors (Lipinski definition) is 0. The van der Waals surface area contributed by atoms with E-state index in [1.807, 2.05) is 0 Å². The predicted octanol–water partition coefficient (Wildman–Crippen LogP) is 7.64. The molecule has 1 heterocycles. The third kappa shape index (κ3) is 6.42. The maximum absolute atomic E-state index is 13.4. The molecule has 1 aliphatic heterocycles. The first-order valence-electron chi connectivity index (χ1n) is 10.7. The molecule has 0 fully saturated rings. The molecular formula is C25H17Cl2F6NO3. The molecule has 0 aromatic heterocycles.